The number of rotatable bonds is 5. The first kappa shape index (κ1) is 12.5. The zero-order chi connectivity index (χ0) is 12.6. The summed E-state index contributed by atoms with van der Waals surface area (Å²) in [7, 11) is 0. The number of allylic oxidation sites excluding steroid dienone is 1. The molecule has 2 aliphatic heterocycles. The van der Waals surface area contributed by atoms with Gasteiger partial charge in [0, 0.05) is 30.7 Å². The largest absolute Gasteiger partial charge is 0.375 e. The maximum absolute atomic E-state index is 4.39. The van der Waals surface area contributed by atoms with Gasteiger partial charge in [-0.2, -0.15) is 0 Å². The molecular formula is C16H28N2. The van der Waals surface area contributed by atoms with Gasteiger partial charge in [0.25, 0.3) is 0 Å². The smallest absolute Gasteiger partial charge is 0.0244 e. The van der Waals surface area contributed by atoms with Crippen molar-refractivity contribution in [1.29, 1.82) is 0 Å². The predicted molar refractivity (Wildman–Crippen MR) is 76.4 cm³/mol. The van der Waals surface area contributed by atoms with Crippen molar-refractivity contribution in [2.24, 2.45) is 17.3 Å². The first-order chi connectivity index (χ1) is 8.72. The number of hydrogen-bond acceptors (Lipinski definition) is 2. The lowest BCUT2D eigenvalue weighted by molar-refractivity contribution is 0.295. The highest BCUT2D eigenvalue weighted by molar-refractivity contribution is 5.06. The van der Waals surface area contributed by atoms with Gasteiger partial charge >= 0.3 is 0 Å². The first-order valence-corrected chi connectivity index (χ1v) is 7.86. The summed E-state index contributed by atoms with van der Waals surface area (Å²) in [4.78, 5) is 2.60. The van der Waals surface area contributed by atoms with Crippen LogP contribution in [0.25, 0.3) is 0 Å². The minimum atomic E-state index is 0.588. The molecule has 3 fully saturated rings. The van der Waals surface area contributed by atoms with Crippen LogP contribution in [0.5, 0.6) is 0 Å². The predicted octanol–water partition coefficient (Wildman–Crippen LogP) is 3.01. The average molecular weight is 248 g/mol. The van der Waals surface area contributed by atoms with Crippen LogP contribution in [0.2, 0.25) is 0 Å². The van der Waals surface area contributed by atoms with Crippen molar-refractivity contribution < 1.29 is 0 Å². The lowest BCUT2D eigenvalue weighted by atomic mass is 9.86. The van der Waals surface area contributed by atoms with Crippen LogP contribution in [0.1, 0.15) is 45.4 Å². The summed E-state index contributed by atoms with van der Waals surface area (Å²) in [6, 6.07) is 0. The van der Waals surface area contributed by atoms with Gasteiger partial charge in [-0.05, 0) is 50.5 Å². The van der Waals surface area contributed by atoms with Crippen LogP contribution in [-0.2, 0) is 0 Å². The minimum Gasteiger partial charge on any atom is -0.375 e. The molecule has 1 aliphatic carbocycles. The maximum atomic E-state index is 4.39. The zero-order valence-electron chi connectivity index (χ0n) is 11.9. The van der Waals surface area contributed by atoms with Crippen LogP contribution in [0.4, 0.5) is 0 Å². The van der Waals surface area contributed by atoms with Crippen LogP contribution in [-0.4, -0.2) is 31.1 Å². The number of hydrogen-bond donors (Lipinski definition) is 1. The van der Waals surface area contributed by atoms with Crippen LogP contribution < -0.4 is 5.32 Å². The Kier molecular flexibility index (Phi) is 3.40. The third-order valence-corrected chi connectivity index (χ3v) is 5.53. The van der Waals surface area contributed by atoms with Gasteiger partial charge in [0.2, 0.25) is 0 Å². The Labute approximate surface area is 112 Å². The Morgan fingerprint density at radius 1 is 1.44 bits per heavy atom. The van der Waals surface area contributed by atoms with Gasteiger partial charge in [0.05, 0.1) is 0 Å². The van der Waals surface area contributed by atoms with Crippen molar-refractivity contribution in [3.63, 3.8) is 0 Å². The van der Waals surface area contributed by atoms with E-state index in [9.17, 15) is 0 Å². The minimum absolute atomic E-state index is 0.588. The first-order valence-electron chi connectivity index (χ1n) is 7.86. The van der Waals surface area contributed by atoms with Crippen molar-refractivity contribution in [3.8, 4) is 0 Å². The molecule has 2 atom stereocenters. The monoisotopic (exact) mass is 248 g/mol. The molecule has 0 bridgehead atoms. The molecule has 2 saturated heterocycles. The van der Waals surface area contributed by atoms with Crippen molar-refractivity contribution in [3.05, 3.63) is 12.3 Å². The van der Waals surface area contributed by atoms with E-state index in [0.717, 1.165) is 11.8 Å². The van der Waals surface area contributed by atoms with Crippen LogP contribution in [0, 0.1) is 17.3 Å². The second kappa shape index (κ2) is 4.88. The Bertz CT molecular complexity index is 313. The molecular weight excluding hydrogens is 220 g/mol. The molecule has 0 aromatic carbocycles. The van der Waals surface area contributed by atoms with Crippen LogP contribution >= 0.6 is 0 Å². The molecule has 0 unspecified atom stereocenters. The Morgan fingerprint density at radius 2 is 2.28 bits per heavy atom. The molecule has 0 aromatic rings. The zero-order valence-corrected chi connectivity index (χ0v) is 11.9. The summed E-state index contributed by atoms with van der Waals surface area (Å²) < 4.78 is 0. The van der Waals surface area contributed by atoms with E-state index in [4.69, 9.17) is 0 Å². The molecule has 1 N–H and O–H groups in total. The van der Waals surface area contributed by atoms with Crippen LogP contribution in [0.15, 0.2) is 12.3 Å². The number of nitrogens with one attached hydrogen (secondary N) is 1. The standard InChI is InChI=1S/C16H28N2/c1-3-14(15-4-5-15)10-13(2)18-9-7-16(12-18)6-8-17-11-16/h14-15,17H,2-12H2,1H3/t14-,16-/m0/s1. The highest BCUT2D eigenvalue weighted by atomic mass is 15.2. The molecule has 0 aromatic heterocycles. The Morgan fingerprint density at radius 3 is 2.89 bits per heavy atom. The average Bonchev–Trinajstić information content (AvgIpc) is 2.98. The Balaban J connectivity index is 1.53. The fraction of sp³-hybridized carbons (Fsp3) is 0.875. The van der Waals surface area contributed by atoms with Gasteiger partial charge in [0.15, 0.2) is 0 Å². The van der Waals surface area contributed by atoms with Gasteiger partial charge in [-0.15, -0.1) is 0 Å². The van der Waals surface area contributed by atoms with E-state index in [-0.39, 0.29) is 0 Å². The van der Waals surface area contributed by atoms with Crippen molar-refractivity contribution >= 4 is 0 Å². The number of likely N-dealkylation sites (tertiary alicyclic amines) is 1. The molecule has 2 heterocycles. The molecule has 18 heavy (non-hydrogen) atoms. The normalized spacial score (nSPS) is 33.3. The summed E-state index contributed by atoms with van der Waals surface area (Å²) in [6.07, 6.45) is 8.28. The summed E-state index contributed by atoms with van der Waals surface area (Å²) >= 11 is 0. The molecule has 2 heteroatoms. The highest BCUT2D eigenvalue weighted by Crippen LogP contribution is 2.43. The van der Waals surface area contributed by atoms with E-state index in [1.807, 2.05) is 0 Å². The van der Waals surface area contributed by atoms with E-state index in [2.05, 4.69) is 23.7 Å². The maximum Gasteiger partial charge on any atom is 0.0244 e. The molecule has 3 aliphatic rings. The summed E-state index contributed by atoms with van der Waals surface area (Å²) in [5.74, 6) is 1.94. The summed E-state index contributed by atoms with van der Waals surface area (Å²) in [6.45, 7) is 11.7. The second-order valence-corrected chi connectivity index (χ2v) is 6.87. The topological polar surface area (TPSA) is 15.3 Å². The van der Waals surface area contributed by atoms with E-state index < -0.39 is 0 Å². The van der Waals surface area contributed by atoms with Crippen molar-refractivity contribution in [2.45, 2.75) is 45.4 Å². The molecule has 102 valence electrons. The van der Waals surface area contributed by atoms with E-state index in [0.29, 0.717) is 5.41 Å². The molecule has 2 nitrogen and oxygen atoms in total. The third-order valence-electron chi connectivity index (χ3n) is 5.53. The summed E-state index contributed by atoms with van der Waals surface area (Å²) in [5, 5.41) is 3.54. The number of nitrogens with zero attached hydrogens (tertiary/aromatic N) is 1. The fourth-order valence-electron chi connectivity index (χ4n) is 3.99. The van der Waals surface area contributed by atoms with Gasteiger partial charge in [-0.3, -0.25) is 0 Å². The fourth-order valence-corrected chi connectivity index (χ4v) is 3.99. The molecule has 0 radical (unpaired) electrons. The van der Waals surface area contributed by atoms with Crippen molar-refractivity contribution in [1.82, 2.24) is 10.2 Å². The molecule has 0 amide bonds. The second-order valence-electron chi connectivity index (χ2n) is 6.87. The lowest BCUT2D eigenvalue weighted by Gasteiger charge is -2.27. The molecule has 1 saturated carbocycles. The molecule has 3 rings (SSSR count). The van der Waals surface area contributed by atoms with Gasteiger partial charge in [-0.1, -0.05) is 19.9 Å². The van der Waals surface area contributed by atoms with Gasteiger partial charge in [-0.25, -0.2) is 0 Å². The van der Waals surface area contributed by atoms with E-state index >= 15 is 0 Å². The Hall–Kier alpha value is -0.500. The third kappa shape index (κ3) is 2.45. The quantitative estimate of drug-likeness (QED) is 0.804. The van der Waals surface area contributed by atoms with Crippen LogP contribution in [0.3, 0.4) is 0 Å². The van der Waals surface area contributed by atoms with E-state index in [1.165, 1.54) is 70.4 Å². The highest BCUT2D eigenvalue weighted by Gasteiger charge is 2.41. The van der Waals surface area contributed by atoms with Gasteiger partial charge in [0.1, 0.15) is 0 Å². The SMILES string of the molecule is C=C(C[C@H](CC)C1CC1)N1CC[C@]2(CCNC2)C1. The van der Waals surface area contributed by atoms with E-state index in [1.54, 1.807) is 0 Å². The molecule has 1 spiro atoms. The summed E-state index contributed by atoms with van der Waals surface area (Å²) in [5.41, 5.74) is 2.02. The lowest BCUT2D eigenvalue weighted by Crippen LogP contribution is -2.29. The van der Waals surface area contributed by atoms with Crippen molar-refractivity contribution in [2.75, 3.05) is 26.2 Å². The van der Waals surface area contributed by atoms with Gasteiger partial charge < -0.3 is 10.2 Å².